The molecule has 0 N–H and O–H groups in total. The molecule has 2 aliphatic rings. The average Bonchev–Trinajstić information content (AvgIpc) is 2.88. The largest absolute Gasteiger partial charge is 0.0888 e. The van der Waals surface area contributed by atoms with Crippen molar-refractivity contribution in [2.24, 2.45) is 0 Å². The monoisotopic (exact) mass is 444 g/mol. The molecule has 0 radical (unpaired) electrons. The molecule has 0 saturated carbocycles. The van der Waals surface area contributed by atoms with Crippen LogP contribution in [0.15, 0.2) is 137 Å². The normalized spacial score (nSPS) is 14.9. The fourth-order valence-corrected chi connectivity index (χ4v) is 6.44. The van der Waals surface area contributed by atoms with E-state index in [-0.39, 0.29) is 0 Å². The number of hydrogen-bond donors (Lipinski definition) is 0. The molecule has 2 heteroatoms. The van der Waals surface area contributed by atoms with E-state index < -0.39 is 0 Å². The van der Waals surface area contributed by atoms with Crippen molar-refractivity contribution >= 4 is 38.9 Å². The molecule has 2 heterocycles. The van der Waals surface area contributed by atoms with E-state index in [0.29, 0.717) is 0 Å². The van der Waals surface area contributed by atoms with Crippen LogP contribution >= 0.6 is 23.5 Å². The number of fused-ring (bicyclic) bond motifs is 2. The third kappa shape index (κ3) is 3.56. The van der Waals surface area contributed by atoms with Crippen LogP contribution in [0.5, 0.6) is 0 Å². The number of hydrogen-bond acceptors (Lipinski definition) is 2. The molecule has 0 spiro atoms. The molecule has 4 aromatic rings. The van der Waals surface area contributed by atoms with E-state index in [0.717, 1.165) is 0 Å². The van der Waals surface area contributed by atoms with Crippen molar-refractivity contribution in [3.8, 4) is 0 Å². The maximum Gasteiger partial charge on any atom is 0.0201 e. The van der Waals surface area contributed by atoms with Crippen molar-refractivity contribution in [1.29, 1.82) is 0 Å². The molecular formula is C30H20S2. The minimum Gasteiger partial charge on any atom is -0.0888 e. The first-order valence-electron chi connectivity index (χ1n) is 10.7. The molecule has 0 aromatic heterocycles. The SMILES string of the molecule is C1=C(c2ccccc2)SC(c2ccccc2)=CC1=C1c2ccccc2Sc2ccccc21. The van der Waals surface area contributed by atoms with E-state index in [2.05, 4.69) is 121 Å². The number of allylic oxidation sites excluding steroid dienone is 3. The molecule has 0 bridgehead atoms. The van der Waals surface area contributed by atoms with Gasteiger partial charge in [-0.3, -0.25) is 0 Å². The third-order valence-corrected chi connectivity index (χ3v) is 8.03. The van der Waals surface area contributed by atoms with Gasteiger partial charge in [-0.05, 0) is 57.7 Å². The molecule has 2 aliphatic heterocycles. The van der Waals surface area contributed by atoms with Gasteiger partial charge >= 0.3 is 0 Å². The van der Waals surface area contributed by atoms with Crippen LogP contribution in [-0.4, -0.2) is 0 Å². The fourth-order valence-electron chi connectivity index (χ4n) is 4.23. The van der Waals surface area contributed by atoms with Crippen molar-refractivity contribution in [2.75, 3.05) is 0 Å². The van der Waals surface area contributed by atoms with Gasteiger partial charge in [0.2, 0.25) is 0 Å². The van der Waals surface area contributed by atoms with Crippen LogP contribution in [-0.2, 0) is 0 Å². The topological polar surface area (TPSA) is 0 Å². The molecule has 0 saturated heterocycles. The Balaban J connectivity index is 1.64. The molecule has 0 nitrogen and oxygen atoms in total. The Hall–Kier alpha value is -3.20. The Morgan fingerprint density at radius 1 is 0.406 bits per heavy atom. The lowest BCUT2D eigenvalue weighted by Gasteiger charge is -2.26. The zero-order chi connectivity index (χ0) is 21.3. The van der Waals surface area contributed by atoms with Crippen LogP contribution in [0.2, 0.25) is 0 Å². The van der Waals surface area contributed by atoms with Gasteiger partial charge in [-0.25, -0.2) is 0 Å². The highest BCUT2D eigenvalue weighted by Gasteiger charge is 2.24. The minimum absolute atomic E-state index is 1.25. The van der Waals surface area contributed by atoms with Crippen LogP contribution < -0.4 is 0 Å². The Kier molecular flexibility index (Phi) is 5.10. The Morgan fingerprint density at radius 2 is 0.844 bits per heavy atom. The first-order valence-corrected chi connectivity index (χ1v) is 12.3. The van der Waals surface area contributed by atoms with Crippen molar-refractivity contribution in [1.82, 2.24) is 0 Å². The Bertz CT molecular complexity index is 1290. The van der Waals surface area contributed by atoms with E-state index in [1.54, 1.807) is 0 Å². The zero-order valence-corrected chi connectivity index (χ0v) is 19.0. The Morgan fingerprint density at radius 3 is 1.34 bits per heavy atom. The predicted molar refractivity (Wildman–Crippen MR) is 139 cm³/mol. The van der Waals surface area contributed by atoms with Gasteiger partial charge < -0.3 is 0 Å². The smallest absolute Gasteiger partial charge is 0.0201 e. The maximum atomic E-state index is 2.37. The summed E-state index contributed by atoms with van der Waals surface area (Å²) in [5, 5.41) is 0. The van der Waals surface area contributed by atoms with Gasteiger partial charge in [-0.1, -0.05) is 121 Å². The minimum atomic E-state index is 1.25. The molecule has 4 aromatic carbocycles. The highest BCUT2D eigenvalue weighted by atomic mass is 32.2. The van der Waals surface area contributed by atoms with Crippen molar-refractivity contribution in [3.63, 3.8) is 0 Å². The summed E-state index contributed by atoms with van der Waals surface area (Å²) in [6.45, 7) is 0. The average molecular weight is 445 g/mol. The highest BCUT2D eigenvalue weighted by Crippen LogP contribution is 2.50. The first-order chi connectivity index (χ1) is 15.9. The van der Waals surface area contributed by atoms with E-state index in [1.165, 1.54) is 53.0 Å². The van der Waals surface area contributed by atoms with E-state index in [1.807, 2.05) is 23.5 Å². The maximum absolute atomic E-state index is 2.37. The highest BCUT2D eigenvalue weighted by molar-refractivity contribution is 8.16. The molecule has 0 fully saturated rings. The van der Waals surface area contributed by atoms with Gasteiger partial charge in [0, 0.05) is 19.6 Å². The van der Waals surface area contributed by atoms with E-state index in [4.69, 9.17) is 0 Å². The fraction of sp³-hybridized carbons (Fsp3) is 0. The summed E-state index contributed by atoms with van der Waals surface area (Å²) in [6.07, 6.45) is 4.73. The number of benzene rings is 4. The van der Waals surface area contributed by atoms with Crippen LogP contribution in [0.4, 0.5) is 0 Å². The summed E-state index contributed by atoms with van der Waals surface area (Å²) in [5.74, 6) is 0. The van der Waals surface area contributed by atoms with E-state index >= 15 is 0 Å². The number of rotatable bonds is 2. The van der Waals surface area contributed by atoms with Crippen LogP contribution in [0.1, 0.15) is 22.3 Å². The first kappa shape index (κ1) is 19.5. The van der Waals surface area contributed by atoms with Crippen LogP contribution in [0.25, 0.3) is 15.4 Å². The quantitative estimate of drug-likeness (QED) is 0.267. The zero-order valence-electron chi connectivity index (χ0n) is 17.4. The standard InChI is InChI=1S/C30H20S2/c1-3-11-21(12-4-1)28-19-23(20-29(32-28)22-13-5-2-6-14-22)30-24-15-7-9-17-26(24)31-27-18-10-8-16-25(27)30/h1-20H. The summed E-state index contributed by atoms with van der Waals surface area (Å²) < 4.78 is 0. The Labute approximate surface area is 197 Å². The molecule has 0 atom stereocenters. The van der Waals surface area contributed by atoms with Crippen LogP contribution in [0.3, 0.4) is 0 Å². The second-order valence-corrected chi connectivity index (χ2v) is 9.94. The molecule has 152 valence electrons. The summed E-state index contributed by atoms with van der Waals surface area (Å²) in [4.78, 5) is 5.19. The lowest BCUT2D eigenvalue weighted by Crippen LogP contribution is -2.02. The second-order valence-electron chi connectivity index (χ2n) is 7.78. The lowest BCUT2D eigenvalue weighted by atomic mass is 9.91. The van der Waals surface area contributed by atoms with Crippen molar-refractivity contribution < 1.29 is 0 Å². The summed E-state index contributed by atoms with van der Waals surface area (Å²) in [5.41, 5.74) is 7.71. The molecule has 0 aliphatic carbocycles. The van der Waals surface area contributed by atoms with Gasteiger partial charge in [0.15, 0.2) is 0 Å². The lowest BCUT2D eigenvalue weighted by molar-refractivity contribution is 1.28. The summed E-state index contributed by atoms with van der Waals surface area (Å²) >= 11 is 3.71. The van der Waals surface area contributed by atoms with Gasteiger partial charge in [-0.2, -0.15) is 0 Å². The van der Waals surface area contributed by atoms with Gasteiger partial charge in [0.1, 0.15) is 0 Å². The van der Waals surface area contributed by atoms with Crippen LogP contribution in [0, 0.1) is 0 Å². The molecule has 0 amide bonds. The third-order valence-electron chi connectivity index (χ3n) is 5.73. The van der Waals surface area contributed by atoms with Gasteiger partial charge in [0.05, 0.1) is 0 Å². The van der Waals surface area contributed by atoms with Crippen molar-refractivity contribution in [3.05, 3.63) is 149 Å². The predicted octanol–water partition coefficient (Wildman–Crippen LogP) is 8.78. The molecular weight excluding hydrogens is 424 g/mol. The summed E-state index contributed by atoms with van der Waals surface area (Å²) in [7, 11) is 0. The molecule has 6 rings (SSSR count). The van der Waals surface area contributed by atoms with E-state index in [9.17, 15) is 0 Å². The van der Waals surface area contributed by atoms with Crippen molar-refractivity contribution in [2.45, 2.75) is 9.79 Å². The molecule has 0 unspecified atom stereocenters. The second kappa shape index (κ2) is 8.38. The van der Waals surface area contributed by atoms with Gasteiger partial charge in [0.25, 0.3) is 0 Å². The summed E-state index contributed by atoms with van der Waals surface area (Å²) in [6, 6.07) is 39.0. The number of thioether (sulfide) groups is 1. The van der Waals surface area contributed by atoms with Gasteiger partial charge in [-0.15, -0.1) is 0 Å². The molecule has 32 heavy (non-hydrogen) atoms.